The maximum atomic E-state index is 5.97. The van der Waals surface area contributed by atoms with Gasteiger partial charge in [0, 0.05) is 18.7 Å². The third-order valence-electron chi connectivity index (χ3n) is 5.39. The zero-order chi connectivity index (χ0) is 14.7. The summed E-state index contributed by atoms with van der Waals surface area (Å²) < 4.78 is 5.97. The molecule has 21 heavy (non-hydrogen) atoms. The van der Waals surface area contributed by atoms with Gasteiger partial charge in [0.1, 0.15) is 11.5 Å². The van der Waals surface area contributed by atoms with Gasteiger partial charge in [-0.2, -0.15) is 0 Å². The van der Waals surface area contributed by atoms with Crippen LogP contribution in [-0.2, 0) is 13.1 Å². The third kappa shape index (κ3) is 3.70. The first-order chi connectivity index (χ1) is 10.3. The Morgan fingerprint density at radius 2 is 2.05 bits per heavy atom. The van der Waals surface area contributed by atoms with E-state index in [1.165, 1.54) is 50.8 Å². The predicted octanol–water partition coefficient (Wildman–Crippen LogP) is 3.71. The molecule has 1 aromatic rings. The summed E-state index contributed by atoms with van der Waals surface area (Å²) in [6.07, 6.45) is 7.23. The number of fused-ring (bicyclic) bond motifs is 1. The molecule has 1 aliphatic carbocycles. The van der Waals surface area contributed by atoms with Gasteiger partial charge in [-0.1, -0.05) is 26.2 Å². The molecule has 3 rings (SSSR count). The van der Waals surface area contributed by atoms with Gasteiger partial charge in [-0.15, -0.1) is 0 Å². The van der Waals surface area contributed by atoms with Crippen LogP contribution in [0.1, 0.15) is 56.1 Å². The van der Waals surface area contributed by atoms with Crippen LogP contribution in [0.5, 0.6) is 0 Å². The zero-order valence-corrected chi connectivity index (χ0v) is 13.7. The summed E-state index contributed by atoms with van der Waals surface area (Å²) in [6, 6.07) is 2.25. The molecular formula is C18H30N2O. The normalized spacial score (nSPS) is 26.8. The Kier molecular flexibility index (Phi) is 5.02. The van der Waals surface area contributed by atoms with Crippen LogP contribution >= 0.6 is 0 Å². The summed E-state index contributed by atoms with van der Waals surface area (Å²) in [4.78, 5) is 2.61. The van der Waals surface area contributed by atoms with E-state index in [1.54, 1.807) is 0 Å². The highest BCUT2D eigenvalue weighted by Crippen LogP contribution is 2.36. The molecule has 3 heteroatoms. The third-order valence-corrected chi connectivity index (χ3v) is 5.39. The molecule has 1 aliphatic heterocycles. The summed E-state index contributed by atoms with van der Waals surface area (Å²) >= 11 is 0. The number of aryl methyl sites for hydroxylation is 1. The van der Waals surface area contributed by atoms with E-state index in [-0.39, 0.29) is 0 Å². The first kappa shape index (κ1) is 15.1. The van der Waals surface area contributed by atoms with E-state index < -0.39 is 0 Å². The number of nitrogens with one attached hydrogen (secondary N) is 1. The summed E-state index contributed by atoms with van der Waals surface area (Å²) in [5.41, 5.74) is 1.32. The smallest absolute Gasteiger partial charge is 0.118 e. The van der Waals surface area contributed by atoms with Crippen LogP contribution in [0, 0.1) is 18.8 Å². The van der Waals surface area contributed by atoms with Crippen LogP contribution in [0.15, 0.2) is 10.5 Å². The van der Waals surface area contributed by atoms with E-state index in [9.17, 15) is 0 Å². The second-order valence-electron chi connectivity index (χ2n) is 6.90. The Bertz CT molecular complexity index is 454. The van der Waals surface area contributed by atoms with E-state index in [4.69, 9.17) is 4.42 Å². The number of hydrogen-bond acceptors (Lipinski definition) is 3. The first-order valence-electron chi connectivity index (χ1n) is 8.77. The van der Waals surface area contributed by atoms with Crippen molar-refractivity contribution in [1.82, 2.24) is 10.2 Å². The molecule has 1 saturated carbocycles. The standard InChI is InChI=1S/C18H30N2O/c1-3-19-11-17-10-18(21-14(17)2)13-20-9-8-15-6-4-5-7-16(15)12-20/h10,15-16,19H,3-9,11-13H2,1-2H3. The molecule has 0 amide bonds. The SMILES string of the molecule is CCNCc1cc(CN2CCC3CCCCC3C2)oc1C. The van der Waals surface area contributed by atoms with Crippen molar-refractivity contribution in [2.45, 2.75) is 59.0 Å². The lowest BCUT2D eigenvalue weighted by molar-refractivity contribution is 0.0772. The lowest BCUT2D eigenvalue weighted by Crippen LogP contribution is -2.41. The first-order valence-corrected chi connectivity index (χ1v) is 8.77. The van der Waals surface area contributed by atoms with Gasteiger partial charge in [0.25, 0.3) is 0 Å². The van der Waals surface area contributed by atoms with Crippen LogP contribution in [0.2, 0.25) is 0 Å². The molecule has 0 spiro atoms. The van der Waals surface area contributed by atoms with Gasteiger partial charge in [-0.25, -0.2) is 0 Å². The van der Waals surface area contributed by atoms with Crippen molar-refractivity contribution in [2.24, 2.45) is 11.8 Å². The molecule has 1 saturated heterocycles. The van der Waals surface area contributed by atoms with E-state index in [2.05, 4.69) is 30.1 Å². The predicted molar refractivity (Wildman–Crippen MR) is 86.2 cm³/mol. The molecule has 1 aromatic heterocycles. The fourth-order valence-corrected chi connectivity index (χ4v) is 4.14. The van der Waals surface area contributed by atoms with Crippen LogP contribution in [0.3, 0.4) is 0 Å². The highest BCUT2D eigenvalue weighted by molar-refractivity contribution is 5.20. The molecule has 2 atom stereocenters. The van der Waals surface area contributed by atoms with Crippen LogP contribution < -0.4 is 5.32 Å². The molecule has 0 radical (unpaired) electrons. The van der Waals surface area contributed by atoms with Gasteiger partial charge in [0.05, 0.1) is 6.54 Å². The van der Waals surface area contributed by atoms with Gasteiger partial charge in [-0.3, -0.25) is 4.90 Å². The van der Waals surface area contributed by atoms with Crippen molar-refractivity contribution >= 4 is 0 Å². The lowest BCUT2D eigenvalue weighted by atomic mass is 9.75. The summed E-state index contributed by atoms with van der Waals surface area (Å²) in [7, 11) is 0. The molecule has 118 valence electrons. The molecule has 2 heterocycles. The molecular weight excluding hydrogens is 260 g/mol. The molecule has 0 aromatic carbocycles. The van der Waals surface area contributed by atoms with E-state index in [1.807, 2.05) is 0 Å². The second-order valence-corrected chi connectivity index (χ2v) is 6.90. The van der Waals surface area contributed by atoms with Crippen molar-refractivity contribution in [3.05, 3.63) is 23.2 Å². The van der Waals surface area contributed by atoms with Gasteiger partial charge in [-0.05, 0) is 50.8 Å². The van der Waals surface area contributed by atoms with E-state index in [0.29, 0.717) is 0 Å². The minimum absolute atomic E-state index is 0.927. The Balaban J connectivity index is 1.56. The zero-order valence-electron chi connectivity index (χ0n) is 13.7. The Hall–Kier alpha value is -0.800. The topological polar surface area (TPSA) is 28.4 Å². The van der Waals surface area contributed by atoms with Crippen LogP contribution in [-0.4, -0.2) is 24.5 Å². The maximum Gasteiger partial charge on any atom is 0.118 e. The fraction of sp³-hybridized carbons (Fsp3) is 0.778. The van der Waals surface area contributed by atoms with Crippen molar-refractivity contribution in [3.8, 4) is 0 Å². The van der Waals surface area contributed by atoms with Crippen molar-refractivity contribution in [3.63, 3.8) is 0 Å². The number of rotatable bonds is 5. The second kappa shape index (κ2) is 6.97. The Labute approximate surface area is 129 Å². The highest BCUT2D eigenvalue weighted by Gasteiger charge is 2.31. The largest absolute Gasteiger partial charge is 0.465 e. The van der Waals surface area contributed by atoms with Gasteiger partial charge in [0.2, 0.25) is 0 Å². The number of hydrogen-bond donors (Lipinski definition) is 1. The van der Waals surface area contributed by atoms with Crippen molar-refractivity contribution < 1.29 is 4.42 Å². The van der Waals surface area contributed by atoms with Crippen LogP contribution in [0.25, 0.3) is 0 Å². The van der Waals surface area contributed by atoms with Crippen molar-refractivity contribution in [2.75, 3.05) is 19.6 Å². The average molecular weight is 290 g/mol. The Morgan fingerprint density at radius 1 is 1.24 bits per heavy atom. The van der Waals surface area contributed by atoms with Gasteiger partial charge < -0.3 is 9.73 Å². The maximum absolute atomic E-state index is 5.97. The van der Waals surface area contributed by atoms with Crippen molar-refractivity contribution in [1.29, 1.82) is 0 Å². The highest BCUT2D eigenvalue weighted by atomic mass is 16.3. The minimum Gasteiger partial charge on any atom is -0.465 e. The van der Waals surface area contributed by atoms with Gasteiger partial charge in [0.15, 0.2) is 0 Å². The molecule has 3 nitrogen and oxygen atoms in total. The average Bonchev–Trinajstić information content (AvgIpc) is 2.84. The monoisotopic (exact) mass is 290 g/mol. The van der Waals surface area contributed by atoms with Gasteiger partial charge >= 0.3 is 0 Å². The number of nitrogens with zero attached hydrogens (tertiary/aromatic N) is 1. The van der Waals surface area contributed by atoms with E-state index in [0.717, 1.165) is 43.0 Å². The molecule has 2 aliphatic rings. The summed E-state index contributed by atoms with van der Waals surface area (Å²) in [5, 5.41) is 3.39. The molecule has 0 bridgehead atoms. The Morgan fingerprint density at radius 3 is 2.86 bits per heavy atom. The summed E-state index contributed by atoms with van der Waals surface area (Å²) in [5.74, 6) is 4.19. The number of furan rings is 1. The minimum atomic E-state index is 0.927. The lowest BCUT2D eigenvalue weighted by Gasteiger charge is -2.41. The van der Waals surface area contributed by atoms with E-state index >= 15 is 0 Å². The molecule has 1 N–H and O–H groups in total. The number of piperidine rings is 1. The fourth-order valence-electron chi connectivity index (χ4n) is 4.14. The molecule has 2 fully saturated rings. The summed E-state index contributed by atoms with van der Waals surface area (Å²) in [6.45, 7) is 9.70. The quantitative estimate of drug-likeness (QED) is 0.896. The molecule has 2 unspecified atom stereocenters. The van der Waals surface area contributed by atoms with Crippen LogP contribution in [0.4, 0.5) is 0 Å². The number of likely N-dealkylation sites (tertiary alicyclic amines) is 1.